The molecule has 1 fully saturated rings. The van der Waals surface area contributed by atoms with Crippen LogP contribution in [-0.4, -0.2) is 48.7 Å². The predicted molar refractivity (Wildman–Crippen MR) is 72.1 cm³/mol. The molecule has 100 valence electrons. The SMILES string of the molecule is N#Cc1ccccc1N1CCCN(CC(=O)O)CC1. The van der Waals surface area contributed by atoms with E-state index in [1.807, 2.05) is 29.2 Å². The number of hydrogen-bond acceptors (Lipinski definition) is 4. The molecule has 1 N–H and O–H groups in total. The van der Waals surface area contributed by atoms with Crippen LogP contribution in [0.2, 0.25) is 0 Å². The van der Waals surface area contributed by atoms with E-state index in [1.54, 1.807) is 0 Å². The first-order valence-corrected chi connectivity index (χ1v) is 6.39. The number of nitrogens with zero attached hydrogens (tertiary/aromatic N) is 3. The molecule has 0 radical (unpaired) electrons. The predicted octanol–water partition coefficient (Wildman–Crippen LogP) is 1.15. The van der Waals surface area contributed by atoms with Crippen molar-refractivity contribution in [1.82, 2.24) is 4.90 Å². The highest BCUT2D eigenvalue weighted by molar-refractivity contribution is 5.69. The number of carboxylic acids is 1. The zero-order chi connectivity index (χ0) is 13.7. The second-order valence-electron chi connectivity index (χ2n) is 4.64. The lowest BCUT2D eigenvalue weighted by Gasteiger charge is -2.24. The van der Waals surface area contributed by atoms with Gasteiger partial charge in [0.25, 0.3) is 0 Å². The number of para-hydroxylation sites is 1. The molecule has 5 nitrogen and oxygen atoms in total. The number of carboxylic acid groups (broad SMARTS) is 1. The molecule has 0 bridgehead atoms. The summed E-state index contributed by atoms with van der Waals surface area (Å²) in [5.41, 5.74) is 1.62. The van der Waals surface area contributed by atoms with Gasteiger partial charge < -0.3 is 10.0 Å². The van der Waals surface area contributed by atoms with Gasteiger partial charge in [0.2, 0.25) is 0 Å². The van der Waals surface area contributed by atoms with Gasteiger partial charge in [0.15, 0.2) is 0 Å². The quantitative estimate of drug-likeness (QED) is 0.882. The number of hydrogen-bond donors (Lipinski definition) is 1. The van der Waals surface area contributed by atoms with Crippen molar-refractivity contribution in [2.45, 2.75) is 6.42 Å². The van der Waals surface area contributed by atoms with Gasteiger partial charge >= 0.3 is 5.97 Å². The Morgan fingerprint density at radius 2 is 2.05 bits per heavy atom. The molecule has 1 aliphatic rings. The molecule has 0 atom stereocenters. The number of anilines is 1. The van der Waals surface area contributed by atoms with Crippen molar-refractivity contribution < 1.29 is 9.90 Å². The summed E-state index contributed by atoms with van der Waals surface area (Å²) in [4.78, 5) is 14.8. The van der Waals surface area contributed by atoms with E-state index in [0.717, 1.165) is 31.7 Å². The monoisotopic (exact) mass is 259 g/mol. The molecule has 0 aromatic heterocycles. The Morgan fingerprint density at radius 1 is 1.26 bits per heavy atom. The van der Waals surface area contributed by atoms with Crippen molar-refractivity contribution in [3.63, 3.8) is 0 Å². The van der Waals surface area contributed by atoms with Gasteiger partial charge in [-0.15, -0.1) is 0 Å². The van der Waals surface area contributed by atoms with Gasteiger partial charge in [0.1, 0.15) is 6.07 Å². The van der Waals surface area contributed by atoms with Crippen molar-refractivity contribution in [3.8, 4) is 6.07 Å². The van der Waals surface area contributed by atoms with Crippen molar-refractivity contribution >= 4 is 11.7 Å². The Kier molecular flexibility index (Phi) is 4.37. The molecule has 0 saturated carbocycles. The van der Waals surface area contributed by atoms with E-state index in [4.69, 9.17) is 10.4 Å². The molecule has 19 heavy (non-hydrogen) atoms. The highest BCUT2D eigenvalue weighted by atomic mass is 16.4. The van der Waals surface area contributed by atoms with Crippen LogP contribution in [0.25, 0.3) is 0 Å². The average Bonchev–Trinajstić information content (AvgIpc) is 2.63. The third-order valence-electron chi connectivity index (χ3n) is 3.31. The van der Waals surface area contributed by atoms with E-state index in [0.29, 0.717) is 12.1 Å². The molecule has 2 rings (SSSR count). The summed E-state index contributed by atoms with van der Waals surface area (Å²) < 4.78 is 0. The molecule has 0 spiro atoms. The maximum atomic E-state index is 10.7. The Balaban J connectivity index is 2.07. The van der Waals surface area contributed by atoms with E-state index in [2.05, 4.69) is 11.0 Å². The minimum atomic E-state index is -0.786. The molecule has 0 aliphatic carbocycles. The van der Waals surface area contributed by atoms with Gasteiger partial charge in [0, 0.05) is 26.2 Å². The van der Waals surface area contributed by atoms with E-state index in [1.165, 1.54) is 0 Å². The summed E-state index contributed by atoms with van der Waals surface area (Å²) >= 11 is 0. The van der Waals surface area contributed by atoms with E-state index < -0.39 is 5.97 Å². The molecule has 5 heteroatoms. The highest BCUT2D eigenvalue weighted by Crippen LogP contribution is 2.20. The maximum absolute atomic E-state index is 10.7. The number of rotatable bonds is 3. The topological polar surface area (TPSA) is 67.6 Å². The minimum absolute atomic E-state index is 0.0910. The Hall–Kier alpha value is -2.06. The number of benzene rings is 1. The van der Waals surface area contributed by atoms with Gasteiger partial charge in [-0.2, -0.15) is 5.26 Å². The molecule has 1 aliphatic heterocycles. The molecule has 1 aromatic carbocycles. The third-order valence-corrected chi connectivity index (χ3v) is 3.31. The molecule has 1 saturated heterocycles. The molecular weight excluding hydrogens is 242 g/mol. The zero-order valence-electron chi connectivity index (χ0n) is 10.7. The van der Waals surface area contributed by atoms with Crippen molar-refractivity contribution in [3.05, 3.63) is 29.8 Å². The summed E-state index contributed by atoms with van der Waals surface area (Å²) in [6, 6.07) is 9.76. The minimum Gasteiger partial charge on any atom is -0.480 e. The van der Waals surface area contributed by atoms with Crippen LogP contribution in [0.5, 0.6) is 0 Å². The van der Waals surface area contributed by atoms with E-state index in [-0.39, 0.29) is 6.54 Å². The van der Waals surface area contributed by atoms with Gasteiger partial charge in [-0.1, -0.05) is 12.1 Å². The maximum Gasteiger partial charge on any atom is 0.317 e. The van der Waals surface area contributed by atoms with Crippen LogP contribution in [0.15, 0.2) is 24.3 Å². The normalized spacial score (nSPS) is 16.7. The van der Waals surface area contributed by atoms with Crippen LogP contribution in [0.4, 0.5) is 5.69 Å². The fourth-order valence-electron chi connectivity index (χ4n) is 2.41. The summed E-state index contributed by atoms with van der Waals surface area (Å²) in [5, 5.41) is 17.9. The first-order chi connectivity index (χ1) is 9.20. The standard InChI is InChI=1S/C14H17N3O2/c15-10-12-4-1-2-5-13(12)17-7-3-6-16(8-9-17)11-14(18)19/h1-2,4-5H,3,6-9,11H2,(H,18,19). The average molecular weight is 259 g/mol. The lowest BCUT2D eigenvalue weighted by molar-refractivity contribution is -0.138. The Labute approximate surface area is 112 Å². The lowest BCUT2D eigenvalue weighted by Crippen LogP contribution is -2.34. The Morgan fingerprint density at radius 3 is 2.79 bits per heavy atom. The van der Waals surface area contributed by atoms with Crippen molar-refractivity contribution in [2.24, 2.45) is 0 Å². The van der Waals surface area contributed by atoms with Crippen LogP contribution in [0.3, 0.4) is 0 Å². The van der Waals surface area contributed by atoms with Gasteiger partial charge in [-0.05, 0) is 18.6 Å². The molecule has 0 amide bonds. The zero-order valence-corrected chi connectivity index (χ0v) is 10.7. The van der Waals surface area contributed by atoms with Crippen LogP contribution >= 0.6 is 0 Å². The van der Waals surface area contributed by atoms with Crippen LogP contribution in [-0.2, 0) is 4.79 Å². The fourth-order valence-corrected chi connectivity index (χ4v) is 2.41. The molecular formula is C14H17N3O2. The largest absolute Gasteiger partial charge is 0.480 e. The molecule has 1 aromatic rings. The smallest absolute Gasteiger partial charge is 0.317 e. The second kappa shape index (κ2) is 6.21. The molecule has 1 heterocycles. The summed E-state index contributed by atoms with van der Waals surface area (Å²) in [6.45, 7) is 3.21. The van der Waals surface area contributed by atoms with Crippen LogP contribution in [0.1, 0.15) is 12.0 Å². The summed E-state index contributed by atoms with van der Waals surface area (Å²) in [5.74, 6) is -0.786. The second-order valence-corrected chi connectivity index (χ2v) is 4.64. The van der Waals surface area contributed by atoms with E-state index in [9.17, 15) is 4.79 Å². The first-order valence-electron chi connectivity index (χ1n) is 6.39. The van der Waals surface area contributed by atoms with Crippen molar-refractivity contribution in [1.29, 1.82) is 5.26 Å². The van der Waals surface area contributed by atoms with Gasteiger partial charge in [0.05, 0.1) is 17.8 Å². The fraction of sp³-hybridized carbons (Fsp3) is 0.429. The number of carbonyl (C=O) groups is 1. The Bertz CT molecular complexity index is 496. The van der Waals surface area contributed by atoms with Crippen molar-refractivity contribution in [2.75, 3.05) is 37.6 Å². The molecule has 0 unspecified atom stereocenters. The van der Waals surface area contributed by atoms with Gasteiger partial charge in [-0.3, -0.25) is 9.69 Å². The summed E-state index contributed by atoms with van der Waals surface area (Å²) in [7, 11) is 0. The highest BCUT2D eigenvalue weighted by Gasteiger charge is 2.18. The van der Waals surface area contributed by atoms with Crippen LogP contribution in [0, 0.1) is 11.3 Å². The van der Waals surface area contributed by atoms with Gasteiger partial charge in [-0.25, -0.2) is 0 Å². The number of aliphatic carboxylic acids is 1. The first kappa shape index (κ1) is 13.4. The number of nitriles is 1. The lowest BCUT2D eigenvalue weighted by atomic mass is 10.1. The summed E-state index contributed by atoms with van der Waals surface area (Å²) in [6.07, 6.45) is 0.910. The van der Waals surface area contributed by atoms with E-state index >= 15 is 0 Å². The van der Waals surface area contributed by atoms with Crippen LogP contribution < -0.4 is 4.90 Å². The third kappa shape index (κ3) is 3.46.